The molecule has 0 saturated heterocycles. The Hall–Kier alpha value is -1.40. The van der Waals surface area contributed by atoms with Gasteiger partial charge in [-0.05, 0) is 50.0 Å². The van der Waals surface area contributed by atoms with Crippen molar-refractivity contribution < 1.29 is 5.11 Å². The zero-order valence-corrected chi connectivity index (χ0v) is 13.6. The van der Waals surface area contributed by atoms with E-state index in [4.69, 9.17) is 0 Å². The van der Waals surface area contributed by atoms with Crippen LogP contribution in [0.5, 0.6) is 0 Å². The number of nitrogens with zero attached hydrogens (tertiary/aromatic N) is 2. The van der Waals surface area contributed by atoms with Crippen molar-refractivity contribution in [2.45, 2.75) is 59.5 Å². The number of aromatic nitrogens is 1. The molecule has 0 amide bonds. The van der Waals surface area contributed by atoms with Crippen LogP contribution < -0.4 is 0 Å². The molecule has 3 heteroatoms. The maximum atomic E-state index is 10.7. The molecule has 0 spiro atoms. The van der Waals surface area contributed by atoms with Crippen LogP contribution in [0.25, 0.3) is 0 Å². The second kappa shape index (κ2) is 5.77. The minimum atomic E-state index is -0.739. The van der Waals surface area contributed by atoms with Crippen molar-refractivity contribution in [2.24, 2.45) is 16.7 Å². The average Bonchev–Trinajstić information content (AvgIpc) is 2.46. The molecule has 1 fully saturated rings. The molecular formula is C18H26N2O. The molecule has 1 aromatic rings. The number of hydrogen-bond acceptors (Lipinski definition) is 3. The Morgan fingerprint density at radius 2 is 1.95 bits per heavy atom. The Morgan fingerprint density at radius 1 is 1.33 bits per heavy atom. The molecule has 1 N–H and O–H groups in total. The minimum Gasteiger partial charge on any atom is -0.387 e. The van der Waals surface area contributed by atoms with Gasteiger partial charge in [-0.25, -0.2) is 0 Å². The maximum absolute atomic E-state index is 10.7. The van der Waals surface area contributed by atoms with Gasteiger partial charge in [-0.2, -0.15) is 5.26 Å². The van der Waals surface area contributed by atoms with E-state index in [0.717, 1.165) is 36.9 Å². The van der Waals surface area contributed by atoms with Crippen LogP contribution >= 0.6 is 0 Å². The third-order valence-electron chi connectivity index (χ3n) is 5.10. The average molecular weight is 286 g/mol. The molecular weight excluding hydrogens is 260 g/mol. The molecule has 1 atom stereocenters. The van der Waals surface area contributed by atoms with E-state index in [1.165, 1.54) is 0 Å². The molecule has 1 unspecified atom stereocenters. The number of pyridine rings is 1. The zero-order valence-electron chi connectivity index (χ0n) is 13.6. The fourth-order valence-corrected chi connectivity index (χ4v) is 3.41. The van der Waals surface area contributed by atoms with Gasteiger partial charge in [0.2, 0.25) is 0 Å². The van der Waals surface area contributed by atoms with Crippen LogP contribution in [-0.2, 0) is 0 Å². The van der Waals surface area contributed by atoms with Gasteiger partial charge >= 0.3 is 0 Å². The maximum Gasteiger partial charge on any atom is 0.0991 e. The van der Waals surface area contributed by atoms with Gasteiger partial charge in [0.15, 0.2) is 0 Å². The Labute approximate surface area is 128 Å². The molecule has 21 heavy (non-hydrogen) atoms. The number of aliphatic hydroxyl groups excluding tert-OH is 1. The monoisotopic (exact) mass is 286 g/mol. The van der Waals surface area contributed by atoms with Crippen LogP contribution in [0.3, 0.4) is 0 Å². The smallest absolute Gasteiger partial charge is 0.0991 e. The van der Waals surface area contributed by atoms with Gasteiger partial charge in [0.25, 0.3) is 0 Å². The van der Waals surface area contributed by atoms with Crippen molar-refractivity contribution in [3.05, 3.63) is 29.6 Å². The van der Waals surface area contributed by atoms with E-state index < -0.39 is 11.5 Å². The number of aryl methyl sites for hydroxylation is 1. The standard InChI is InChI=1S/C18H26N2O/c1-13-5-6-14(11-20-13)16(21)18(12-19)9-7-15(8-10-18)17(2,3)4/h5-6,11,15-16,21H,7-10H2,1-4H3. The fourth-order valence-electron chi connectivity index (χ4n) is 3.41. The second-order valence-electron chi connectivity index (χ2n) is 7.54. The van der Waals surface area contributed by atoms with Gasteiger partial charge < -0.3 is 5.11 Å². The molecule has 3 nitrogen and oxygen atoms in total. The molecule has 1 aliphatic carbocycles. The predicted molar refractivity (Wildman–Crippen MR) is 83.4 cm³/mol. The van der Waals surface area contributed by atoms with Crippen LogP contribution in [0.2, 0.25) is 0 Å². The van der Waals surface area contributed by atoms with Gasteiger partial charge in [0.05, 0.1) is 17.6 Å². The topological polar surface area (TPSA) is 56.9 Å². The van der Waals surface area contributed by atoms with Crippen molar-refractivity contribution in [3.8, 4) is 6.07 Å². The summed E-state index contributed by atoms with van der Waals surface area (Å²) in [6, 6.07) is 6.21. The zero-order chi connectivity index (χ0) is 15.7. The Morgan fingerprint density at radius 3 is 2.38 bits per heavy atom. The summed E-state index contributed by atoms with van der Waals surface area (Å²) in [5, 5.41) is 20.4. The first kappa shape index (κ1) is 16.0. The highest BCUT2D eigenvalue weighted by Gasteiger charge is 2.44. The summed E-state index contributed by atoms with van der Waals surface area (Å²) >= 11 is 0. The molecule has 0 radical (unpaired) electrons. The molecule has 0 aliphatic heterocycles. The van der Waals surface area contributed by atoms with E-state index in [1.807, 2.05) is 19.1 Å². The highest BCUT2D eigenvalue weighted by Crippen LogP contribution is 2.50. The summed E-state index contributed by atoms with van der Waals surface area (Å²) in [6.45, 7) is 8.71. The normalized spacial score (nSPS) is 27.9. The van der Waals surface area contributed by atoms with E-state index in [9.17, 15) is 10.4 Å². The first-order chi connectivity index (χ1) is 9.78. The molecule has 1 heterocycles. The summed E-state index contributed by atoms with van der Waals surface area (Å²) in [6.07, 6.45) is 4.51. The summed E-state index contributed by atoms with van der Waals surface area (Å²) in [5.74, 6) is 0.627. The predicted octanol–water partition coefficient (Wildman–Crippen LogP) is 4.17. The van der Waals surface area contributed by atoms with Gasteiger partial charge in [0.1, 0.15) is 0 Å². The van der Waals surface area contributed by atoms with E-state index in [0.29, 0.717) is 5.92 Å². The SMILES string of the molecule is Cc1ccc(C(O)C2(C#N)CCC(C(C)(C)C)CC2)cn1. The molecule has 0 aromatic carbocycles. The number of nitriles is 1. The van der Waals surface area contributed by atoms with Crippen molar-refractivity contribution in [1.82, 2.24) is 4.98 Å². The highest BCUT2D eigenvalue weighted by molar-refractivity contribution is 5.22. The first-order valence-corrected chi connectivity index (χ1v) is 7.80. The summed E-state index contributed by atoms with van der Waals surface area (Å²) in [7, 11) is 0. The fraction of sp³-hybridized carbons (Fsp3) is 0.667. The van der Waals surface area contributed by atoms with Crippen LogP contribution in [0.4, 0.5) is 0 Å². The lowest BCUT2D eigenvalue weighted by molar-refractivity contribution is 0.00822. The molecule has 114 valence electrons. The van der Waals surface area contributed by atoms with Crippen molar-refractivity contribution in [3.63, 3.8) is 0 Å². The second-order valence-corrected chi connectivity index (χ2v) is 7.54. The third kappa shape index (κ3) is 3.27. The van der Waals surface area contributed by atoms with Gasteiger partial charge in [-0.3, -0.25) is 4.98 Å². The van der Waals surface area contributed by atoms with Crippen LogP contribution in [0, 0.1) is 35.0 Å². The van der Waals surface area contributed by atoms with Gasteiger partial charge in [-0.15, -0.1) is 0 Å². The largest absolute Gasteiger partial charge is 0.387 e. The van der Waals surface area contributed by atoms with E-state index >= 15 is 0 Å². The van der Waals surface area contributed by atoms with Gasteiger partial charge in [-0.1, -0.05) is 26.8 Å². The van der Waals surface area contributed by atoms with Crippen LogP contribution in [0.15, 0.2) is 18.3 Å². The van der Waals surface area contributed by atoms with Crippen molar-refractivity contribution in [2.75, 3.05) is 0 Å². The van der Waals surface area contributed by atoms with E-state index in [-0.39, 0.29) is 5.41 Å². The first-order valence-electron chi connectivity index (χ1n) is 7.80. The lowest BCUT2D eigenvalue weighted by Crippen LogP contribution is -2.36. The van der Waals surface area contributed by atoms with Crippen molar-refractivity contribution in [1.29, 1.82) is 5.26 Å². The van der Waals surface area contributed by atoms with E-state index in [2.05, 4.69) is 31.8 Å². The van der Waals surface area contributed by atoms with Gasteiger partial charge in [0, 0.05) is 17.5 Å². The Bertz CT molecular complexity index is 514. The summed E-state index contributed by atoms with van der Waals surface area (Å²) in [4.78, 5) is 4.25. The quantitative estimate of drug-likeness (QED) is 0.887. The van der Waals surface area contributed by atoms with Crippen LogP contribution in [0.1, 0.15) is 63.8 Å². The molecule has 1 aromatic heterocycles. The minimum absolute atomic E-state index is 0.276. The lowest BCUT2D eigenvalue weighted by atomic mass is 9.62. The number of rotatable bonds is 2. The molecule has 0 bridgehead atoms. The number of aliphatic hydroxyl groups is 1. The molecule has 1 saturated carbocycles. The van der Waals surface area contributed by atoms with E-state index in [1.54, 1.807) is 6.20 Å². The third-order valence-corrected chi connectivity index (χ3v) is 5.10. The highest BCUT2D eigenvalue weighted by atomic mass is 16.3. The molecule has 2 rings (SSSR count). The summed E-state index contributed by atoms with van der Waals surface area (Å²) < 4.78 is 0. The Kier molecular flexibility index (Phi) is 4.39. The number of hydrogen-bond donors (Lipinski definition) is 1. The summed E-state index contributed by atoms with van der Waals surface area (Å²) in [5.41, 5.74) is 1.31. The molecule has 1 aliphatic rings. The van der Waals surface area contributed by atoms with Crippen molar-refractivity contribution >= 4 is 0 Å². The lowest BCUT2D eigenvalue weighted by Gasteiger charge is -2.42. The van der Waals surface area contributed by atoms with Crippen LogP contribution in [-0.4, -0.2) is 10.1 Å². The Balaban J connectivity index is 2.17.